The maximum atomic E-state index is 11.8. The molecule has 1 amide bonds. The highest BCUT2D eigenvalue weighted by Gasteiger charge is 2.21. The van der Waals surface area contributed by atoms with E-state index in [1.807, 2.05) is 13.8 Å². The summed E-state index contributed by atoms with van der Waals surface area (Å²) in [5.41, 5.74) is 0. The molecular formula is C13H22N2O. The molecular weight excluding hydrogens is 200 g/mol. The van der Waals surface area contributed by atoms with Gasteiger partial charge in [-0.15, -0.1) is 12.3 Å². The van der Waals surface area contributed by atoms with Gasteiger partial charge in [0.25, 0.3) is 0 Å². The van der Waals surface area contributed by atoms with Crippen LogP contribution in [0, 0.1) is 12.3 Å². The molecule has 0 aromatic carbocycles. The number of hydrogen-bond acceptors (Lipinski definition) is 2. The normalized spacial score (nSPS) is 20.1. The van der Waals surface area contributed by atoms with Crippen LogP contribution in [0.15, 0.2) is 0 Å². The summed E-state index contributed by atoms with van der Waals surface area (Å²) in [7, 11) is 0. The largest absolute Gasteiger partial charge is 0.352 e. The van der Waals surface area contributed by atoms with Gasteiger partial charge >= 0.3 is 0 Å². The van der Waals surface area contributed by atoms with E-state index in [0.717, 1.165) is 12.8 Å². The molecule has 0 heterocycles. The van der Waals surface area contributed by atoms with Crippen LogP contribution < -0.4 is 10.6 Å². The van der Waals surface area contributed by atoms with Gasteiger partial charge in [0.1, 0.15) is 0 Å². The van der Waals surface area contributed by atoms with Crippen LogP contribution in [0.1, 0.15) is 46.0 Å². The van der Waals surface area contributed by atoms with Crippen molar-refractivity contribution in [3.05, 3.63) is 0 Å². The van der Waals surface area contributed by atoms with E-state index in [2.05, 4.69) is 16.6 Å². The second-order valence-electron chi connectivity index (χ2n) is 4.69. The molecule has 1 aliphatic rings. The number of terminal acetylenes is 1. The fraction of sp³-hybridized carbons (Fsp3) is 0.769. The Kier molecular flexibility index (Phi) is 5.34. The zero-order chi connectivity index (χ0) is 12.0. The Balaban J connectivity index is 2.27. The number of nitrogens with one attached hydrogen (secondary N) is 2. The second kappa shape index (κ2) is 6.55. The van der Waals surface area contributed by atoms with Gasteiger partial charge in [-0.2, -0.15) is 0 Å². The molecule has 2 unspecified atom stereocenters. The lowest BCUT2D eigenvalue weighted by molar-refractivity contribution is -0.123. The van der Waals surface area contributed by atoms with Crippen LogP contribution >= 0.6 is 0 Å². The first-order chi connectivity index (χ1) is 7.63. The summed E-state index contributed by atoms with van der Waals surface area (Å²) in [6.45, 7) is 3.89. The lowest BCUT2D eigenvalue weighted by Gasteiger charge is -2.20. The smallest absolute Gasteiger partial charge is 0.237 e. The Morgan fingerprint density at radius 2 is 2.06 bits per heavy atom. The summed E-state index contributed by atoms with van der Waals surface area (Å²) in [6.07, 6.45) is 10.6. The minimum atomic E-state index is -0.163. The minimum Gasteiger partial charge on any atom is -0.352 e. The Morgan fingerprint density at radius 1 is 1.44 bits per heavy atom. The van der Waals surface area contributed by atoms with Crippen molar-refractivity contribution < 1.29 is 4.79 Å². The lowest BCUT2D eigenvalue weighted by atomic mass is 10.2. The third-order valence-electron chi connectivity index (χ3n) is 3.05. The molecule has 90 valence electrons. The van der Waals surface area contributed by atoms with Crippen molar-refractivity contribution in [1.29, 1.82) is 0 Å². The monoisotopic (exact) mass is 222 g/mol. The van der Waals surface area contributed by atoms with E-state index in [9.17, 15) is 4.79 Å². The van der Waals surface area contributed by atoms with E-state index in [1.54, 1.807) is 0 Å². The molecule has 3 heteroatoms. The van der Waals surface area contributed by atoms with Crippen LogP contribution in [0.3, 0.4) is 0 Å². The zero-order valence-corrected chi connectivity index (χ0v) is 10.3. The van der Waals surface area contributed by atoms with E-state index >= 15 is 0 Å². The summed E-state index contributed by atoms with van der Waals surface area (Å²) in [4.78, 5) is 11.8. The van der Waals surface area contributed by atoms with Crippen molar-refractivity contribution in [2.24, 2.45) is 0 Å². The summed E-state index contributed by atoms with van der Waals surface area (Å²) < 4.78 is 0. The van der Waals surface area contributed by atoms with Gasteiger partial charge in [0.15, 0.2) is 0 Å². The van der Waals surface area contributed by atoms with Crippen LogP contribution in [0.2, 0.25) is 0 Å². The Hall–Kier alpha value is -1.01. The average Bonchev–Trinajstić information content (AvgIpc) is 2.70. The van der Waals surface area contributed by atoms with Crippen molar-refractivity contribution in [1.82, 2.24) is 10.6 Å². The topological polar surface area (TPSA) is 41.1 Å². The molecule has 1 fully saturated rings. The fourth-order valence-electron chi connectivity index (χ4n) is 2.13. The molecule has 0 aliphatic heterocycles. The second-order valence-corrected chi connectivity index (χ2v) is 4.69. The fourth-order valence-corrected chi connectivity index (χ4v) is 2.13. The highest BCUT2D eigenvalue weighted by Crippen LogP contribution is 2.17. The number of carbonyl (C=O) groups is 1. The van der Waals surface area contributed by atoms with Crippen molar-refractivity contribution >= 4 is 5.91 Å². The molecule has 1 rings (SSSR count). The zero-order valence-electron chi connectivity index (χ0n) is 10.3. The molecule has 16 heavy (non-hydrogen) atoms. The maximum Gasteiger partial charge on any atom is 0.237 e. The molecule has 0 bridgehead atoms. The first-order valence-electron chi connectivity index (χ1n) is 6.13. The van der Waals surface area contributed by atoms with E-state index in [-0.39, 0.29) is 18.0 Å². The van der Waals surface area contributed by atoms with Gasteiger partial charge in [-0.25, -0.2) is 0 Å². The molecule has 2 N–H and O–H groups in total. The molecule has 0 saturated heterocycles. The SMILES string of the molecule is C#CCC(C)NC(C)C(=O)NC1CCCC1. The first kappa shape index (κ1) is 13.1. The highest BCUT2D eigenvalue weighted by molar-refractivity contribution is 5.81. The van der Waals surface area contributed by atoms with Crippen molar-refractivity contribution in [2.75, 3.05) is 0 Å². The van der Waals surface area contributed by atoms with Gasteiger partial charge < -0.3 is 10.6 Å². The Bertz CT molecular complexity index is 264. The Morgan fingerprint density at radius 3 is 2.62 bits per heavy atom. The number of carbonyl (C=O) groups excluding carboxylic acids is 1. The summed E-state index contributed by atoms with van der Waals surface area (Å²) in [5, 5.41) is 6.27. The molecule has 0 aromatic rings. The quantitative estimate of drug-likeness (QED) is 0.691. The van der Waals surface area contributed by atoms with Gasteiger partial charge in [-0.1, -0.05) is 12.8 Å². The van der Waals surface area contributed by atoms with Crippen LogP contribution in [0.5, 0.6) is 0 Å². The molecule has 1 saturated carbocycles. The molecule has 1 aliphatic carbocycles. The molecule has 0 spiro atoms. The highest BCUT2D eigenvalue weighted by atomic mass is 16.2. The van der Waals surface area contributed by atoms with Crippen LogP contribution in [-0.2, 0) is 4.79 Å². The first-order valence-corrected chi connectivity index (χ1v) is 6.13. The van der Waals surface area contributed by atoms with Crippen LogP contribution in [0.4, 0.5) is 0 Å². The van der Waals surface area contributed by atoms with Crippen molar-refractivity contribution in [3.63, 3.8) is 0 Å². The third-order valence-corrected chi connectivity index (χ3v) is 3.05. The number of amides is 1. The summed E-state index contributed by atoms with van der Waals surface area (Å²) in [6, 6.07) is 0.415. The minimum absolute atomic E-state index is 0.0933. The van der Waals surface area contributed by atoms with E-state index < -0.39 is 0 Å². The van der Waals surface area contributed by atoms with E-state index in [4.69, 9.17) is 6.42 Å². The third kappa shape index (κ3) is 4.24. The molecule has 0 radical (unpaired) electrons. The van der Waals surface area contributed by atoms with Gasteiger partial charge in [0.05, 0.1) is 6.04 Å². The Labute approximate surface area is 98.4 Å². The molecule has 2 atom stereocenters. The lowest BCUT2D eigenvalue weighted by Crippen LogP contribution is -2.48. The standard InChI is InChI=1S/C13H22N2O/c1-4-7-10(2)14-11(3)13(16)15-12-8-5-6-9-12/h1,10-12,14H,5-9H2,2-3H3,(H,15,16). The van der Waals surface area contributed by atoms with E-state index in [1.165, 1.54) is 12.8 Å². The summed E-state index contributed by atoms with van der Waals surface area (Å²) in [5.74, 6) is 2.68. The summed E-state index contributed by atoms with van der Waals surface area (Å²) >= 11 is 0. The predicted octanol–water partition coefficient (Wildman–Crippen LogP) is 1.44. The van der Waals surface area contributed by atoms with E-state index in [0.29, 0.717) is 12.5 Å². The van der Waals surface area contributed by atoms with Crippen LogP contribution in [0.25, 0.3) is 0 Å². The number of rotatable bonds is 5. The molecule has 0 aromatic heterocycles. The maximum absolute atomic E-state index is 11.8. The predicted molar refractivity (Wildman–Crippen MR) is 65.9 cm³/mol. The van der Waals surface area contributed by atoms with Gasteiger partial charge in [0.2, 0.25) is 5.91 Å². The van der Waals surface area contributed by atoms with Crippen molar-refractivity contribution in [2.45, 2.75) is 64.1 Å². The average molecular weight is 222 g/mol. The number of hydrogen-bond donors (Lipinski definition) is 2. The van der Waals surface area contributed by atoms with Gasteiger partial charge in [-0.05, 0) is 26.7 Å². The van der Waals surface area contributed by atoms with Gasteiger partial charge in [0, 0.05) is 18.5 Å². The van der Waals surface area contributed by atoms with Gasteiger partial charge in [-0.3, -0.25) is 4.79 Å². The van der Waals surface area contributed by atoms with Crippen molar-refractivity contribution in [3.8, 4) is 12.3 Å². The van der Waals surface area contributed by atoms with Crippen LogP contribution in [-0.4, -0.2) is 24.0 Å². The molecule has 3 nitrogen and oxygen atoms in total.